The summed E-state index contributed by atoms with van der Waals surface area (Å²) in [7, 11) is 0. The van der Waals surface area contributed by atoms with Crippen LogP contribution in [0.2, 0.25) is 0 Å². The zero-order chi connectivity index (χ0) is 17.6. The second kappa shape index (κ2) is 8.30. The summed E-state index contributed by atoms with van der Waals surface area (Å²) in [6.45, 7) is 1.05. The van der Waals surface area contributed by atoms with Crippen LogP contribution in [-0.4, -0.2) is 28.2 Å². The highest BCUT2D eigenvalue weighted by atomic mass is 19.4. The van der Waals surface area contributed by atoms with E-state index in [1.807, 2.05) is 0 Å². The quantitative estimate of drug-likeness (QED) is 0.858. The largest absolute Gasteiger partial charge is 0.465 e. The number of carbonyl (C=O) groups excluding carboxylic acids is 1. The van der Waals surface area contributed by atoms with Crippen molar-refractivity contribution in [3.63, 3.8) is 0 Å². The predicted octanol–water partition coefficient (Wildman–Crippen LogP) is 3.39. The van der Waals surface area contributed by atoms with Crippen LogP contribution in [0.25, 0.3) is 0 Å². The topological polar surface area (TPSA) is 64.1 Å². The first kappa shape index (κ1) is 18.5. The number of rotatable bonds is 6. The molecule has 0 radical (unpaired) electrons. The summed E-state index contributed by atoms with van der Waals surface area (Å²) in [6, 6.07) is 1.31. The number of hydrogen-bond donors (Lipinski definition) is 1. The highest BCUT2D eigenvalue weighted by Crippen LogP contribution is 2.26. The van der Waals surface area contributed by atoms with E-state index in [0.29, 0.717) is 18.0 Å². The van der Waals surface area contributed by atoms with Crippen molar-refractivity contribution < 1.29 is 22.7 Å². The Morgan fingerprint density at radius 1 is 1.33 bits per heavy atom. The van der Waals surface area contributed by atoms with E-state index < -0.39 is 12.3 Å². The molecule has 1 heterocycles. The van der Waals surface area contributed by atoms with Crippen LogP contribution in [0.4, 0.5) is 13.2 Å². The highest BCUT2D eigenvalue weighted by Gasteiger charge is 2.38. The lowest BCUT2D eigenvalue weighted by atomic mass is 9.87. The number of nitrogens with one attached hydrogen (secondary N) is 1. The Morgan fingerprint density at radius 3 is 2.71 bits per heavy atom. The Hall–Kier alpha value is -1.86. The smallest absolute Gasteiger partial charge is 0.425 e. The van der Waals surface area contributed by atoms with Crippen molar-refractivity contribution in [2.75, 3.05) is 0 Å². The molecule has 1 aromatic heterocycles. The van der Waals surface area contributed by atoms with E-state index in [-0.39, 0.29) is 18.3 Å². The van der Waals surface area contributed by atoms with Gasteiger partial charge in [0.1, 0.15) is 6.33 Å². The van der Waals surface area contributed by atoms with Gasteiger partial charge in [0.2, 0.25) is 11.8 Å². The van der Waals surface area contributed by atoms with E-state index in [9.17, 15) is 18.0 Å². The lowest BCUT2D eigenvalue weighted by Gasteiger charge is -2.20. The minimum Gasteiger partial charge on any atom is -0.465 e. The lowest BCUT2D eigenvalue weighted by Crippen LogP contribution is -2.31. The van der Waals surface area contributed by atoms with Crippen LogP contribution >= 0.6 is 0 Å². The molecular formula is C16H22F3N3O2. The maximum atomic E-state index is 12.5. The molecule has 8 heteroatoms. The van der Waals surface area contributed by atoms with Gasteiger partial charge in [0.05, 0.1) is 12.2 Å². The van der Waals surface area contributed by atoms with E-state index in [1.165, 1.54) is 25.3 Å². The van der Waals surface area contributed by atoms with Crippen molar-refractivity contribution in [3.8, 4) is 5.88 Å². The molecule has 1 aromatic rings. The molecule has 0 spiro atoms. The number of halogens is 3. The van der Waals surface area contributed by atoms with E-state index in [4.69, 9.17) is 4.74 Å². The van der Waals surface area contributed by atoms with Crippen LogP contribution < -0.4 is 10.1 Å². The maximum Gasteiger partial charge on any atom is 0.425 e. The van der Waals surface area contributed by atoms with Gasteiger partial charge in [-0.1, -0.05) is 19.3 Å². The van der Waals surface area contributed by atoms with Gasteiger partial charge in [-0.25, -0.2) is 9.97 Å². The zero-order valence-electron chi connectivity index (χ0n) is 13.6. The molecule has 24 heavy (non-hydrogen) atoms. The SMILES string of the molecule is CC(Oc1cc(CNC(=O)CC2CCCCC2)ncn1)C(F)(F)F. The summed E-state index contributed by atoms with van der Waals surface area (Å²) in [5.41, 5.74) is 0.409. The molecule has 1 atom stereocenters. The van der Waals surface area contributed by atoms with Gasteiger partial charge in [-0.15, -0.1) is 0 Å². The van der Waals surface area contributed by atoms with Crippen LogP contribution in [0.3, 0.4) is 0 Å². The molecular weight excluding hydrogens is 323 g/mol. The zero-order valence-corrected chi connectivity index (χ0v) is 13.6. The van der Waals surface area contributed by atoms with E-state index in [2.05, 4.69) is 15.3 Å². The van der Waals surface area contributed by atoms with Gasteiger partial charge < -0.3 is 10.1 Å². The number of nitrogens with zero attached hydrogens (tertiary/aromatic N) is 2. The monoisotopic (exact) mass is 345 g/mol. The number of amides is 1. The van der Waals surface area contributed by atoms with Crippen molar-refractivity contribution in [1.82, 2.24) is 15.3 Å². The Labute approximate surface area is 139 Å². The normalized spacial score (nSPS) is 17.3. The number of ether oxygens (including phenoxy) is 1. The molecule has 0 aliphatic heterocycles. The van der Waals surface area contributed by atoms with Crippen molar-refractivity contribution in [1.29, 1.82) is 0 Å². The fourth-order valence-electron chi connectivity index (χ4n) is 2.70. The first-order valence-electron chi connectivity index (χ1n) is 8.15. The van der Waals surface area contributed by atoms with Crippen molar-refractivity contribution in [2.24, 2.45) is 5.92 Å². The summed E-state index contributed by atoms with van der Waals surface area (Å²) in [6.07, 6.45) is 0.922. The summed E-state index contributed by atoms with van der Waals surface area (Å²) in [4.78, 5) is 19.6. The molecule has 1 unspecified atom stereocenters. The Kier molecular flexibility index (Phi) is 6.39. The first-order chi connectivity index (χ1) is 11.3. The fraction of sp³-hybridized carbons (Fsp3) is 0.688. The molecule has 2 rings (SSSR count). The Morgan fingerprint density at radius 2 is 2.04 bits per heavy atom. The Balaban J connectivity index is 1.82. The van der Waals surface area contributed by atoms with Crippen molar-refractivity contribution >= 4 is 5.91 Å². The molecule has 0 aromatic carbocycles. The van der Waals surface area contributed by atoms with Gasteiger partial charge in [0.15, 0.2) is 6.10 Å². The molecule has 1 fully saturated rings. The average molecular weight is 345 g/mol. The van der Waals surface area contributed by atoms with Crippen molar-refractivity contribution in [2.45, 2.75) is 64.3 Å². The summed E-state index contributed by atoms with van der Waals surface area (Å²) < 4.78 is 42.2. The summed E-state index contributed by atoms with van der Waals surface area (Å²) in [5.74, 6) is 0.202. The van der Waals surface area contributed by atoms with Crippen LogP contribution in [0.15, 0.2) is 12.4 Å². The van der Waals surface area contributed by atoms with Crippen molar-refractivity contribution in [3.05, 3.63) is 18.1 Å². The third kappa shape index (κ3) is 5.98. The van der Waals surface area contributed by atoms with Crippen LogP contribution in [-0.2, 0) is 11.3 Å². The molecule has 5 nitrogen and oxygen atoms in total. The number of alkyl halides is 3. The third-order valence-electron chi connectivity index (χ3n) is 4.12. The molecule has 0 saturated heterocycles. The minimum atomic E-state index is -4.46. The second-order valence-corrected chi connectivity index (χ2v) is 6.13. The molecule has 1 N–H and O–H groups in total. The van der Waals surface area contributed by atoms with Gasteiger partial charge in [-0.05, 0) is 25.7 Å². The van der Waals surface area contributed by atoms with Crippen LogP contribution in [0.1, 0.15) is 51.1 Å². The van der Waals surface area contributed by atoms with Gasteiger partial charge in [0.25, 0.3) is 0 Å². The molecule has 1 saturated carbocycles. The number of carbonyl (C=O) groups is 1. The molecule has 1 aliphatic carbocycles. The average Bonchev–Trinajstić information content (AvgIpc) is 2.53. The first-order valence-corrected chi connectivity index (χ1v) is 8.15. The molecule has 0 bridgehead atoms. The minimum absolute atomic E-state index is 0.0633. The Bertz CT molecular complexity index is 546. The standard InChI is InChI=1S/C16H22F3N3O2/c1-11(16(17,18)19)24-15-8-13(21-10-22-15)9-20-14(23)7-12-5-3-2-4-6-12/h8,10-12H,2-7,9H2,1H3,(H,20,23). The maximum absolute atomic E-state index is 12.5. The molecule has 134 valence electrons. The fourth-order valence-corrected chi connectivity index (χ4v) is 2.70. The van der Waals surface area contributed by atoms with Crippen LogP contribution in [0.5, 0.6) is 5.88 Å². The van der Waals surface area contributed by atoms with E-state index in [1.54, 1.807) is 0 Å². The lowest BCUT2D eigenvalue weighted by molar-refractivity contribution is -0.190. The van der Waals surface area contributed by atoms with Gasteiger partial charge >= 0.3 is 6.18 Å². The number of aromatic nitrogens is 2. The predicted molar refractivity (Wildman–Crippen MR) is 81.2 cm³/mol. The molecule has 1 amide bonds. The van der Waals surface area contributed by atoms with Gasteiger partial charge in [-0.2, -0.15) is 13.2 Å². The van der Waals surface area contributed by atoms with Gasteiger partial charge in [-0.3, -0.25) is 4.79 Å². The van der Waals surface area contributed by atoms with Crippen LogP contribution in [0, 0.1) is 5.92 Å². The number of hydrogen-bond acceptors (Lipinski definition) is 4. The third-order valence-corrected chi connectivity index (χ3v) is 4.12. The van der Waals surface area contributed by atoms with Gasteiger partial charge in [0, 0.05) is 12.5 Å². The van der Waals surface area contributed by atoms with E-state index >= 15 is 0 Å². The summed E-state index contributed by atoms with van der Waals surface area (Å²) >= 11 is 0. The second-order valence-electron chi connectivity index (χ2n) is 6.13. The highest BCUT2D eigenvalue weighted by molar-refractivity contribution is 5.76. The molecule has 1 aliphatic rings. The summed E-state index contributed by atoms with van der Waals surface area (Å²) in [5, 5.41) is 2.75. The van der Waals surface area contributed by atoms with E-state index in [0.717, 1.165) is 26.1 Å².